The molecule has 0 N–H and O–H groups in total. The average Bonchev–Trinajstić information content (AvgIpc) is 2.90. The van der Waals surface area contributed by atoms with Gasteiger partial charge in [-0.25, -0.2) is 0 Å². The number of ether oxygens (including phenoxy) is 2. The van der Waals surface area contributed by atoms with Gasteiger partial charge >= 0.3 is 0 Å². The highest BCUT2D eigenvalue weighted by molar-refractivity contribution is 5.82. The molecule has 0 spiro atoms. The van der Waals surface area contributed by atoms with E-state index in [0.717, 1.165) is 21.9 Å². The number of rotatable bonds is 5. The van der Waals surface area contributed by atoms with Gasteiger partial charge in [-0.1, -0.05) is 18.2 Å². The van der Waals surface area contributed by atoms with E-state index in [1.54, 1.807) is 0 Å². The van der Waals surface area contributed by atoms with Gasteiger partial charge < -0.3 is 9.47 Å². The Bertz CT molecular complexity index is 938. The van der Waals surface area contributed by atoms with Crippen LogP contribution < -0.4 is 19.9 Å². The van der Waals surface area contributed by atoms with Crippen LogP contribution in [-0.4, -0.2) is 12.2 Å². The fraction of sp³-hybridized carbons (Fsp3) is 0.348. The van der Waals surface area contributed by atoms with E-state index in [1.165, 1.54) is 22.3 Å². The molecule has 2 aromatic carbocycles. The maximum Gasteiger partial charge on any atom is 0.138 e. The third-order valence-electron chi connectivity index (χ3n) is 4.21. The molecule has 0 saturated carbocycles. The van der Waals surface area contributed by atoms with Crippen molar-refractivity contribution in [3.8, 4) is 11.5 Å². The molecular formula is C23H26O2. The third kappa shape index (κ3) is 3.50. The molecule has 0 radical (unpaired) electrons. The van der Waals surface area contributed by atoms with Gasteiger partial charge in [0.1, 0.15) is 11.5 Å². The topological polar surface area (TPSA) is 18.5 Å². The summed E-state index contributed by atoms with van der Waals surface area (Å²) in [5, 5.41) is 2.15. The number of benzene rings is 2. The van der Waals surface area contributed by atoms with E-state index in [1.807, 2.05) is 33.8 Å². The van der Waals surface area contributed by atoms with E-state index in [9.17, 15) is 0 Å². The average molecular weight is 334 g/mol. The van der Waals surface area contributed by atoms with Crippen LogP contribution in [-0.2, 0) is 0 Å². The highest BCUT2D eigenvalue weighted by Crippen LogP contribution is 2.24. The van der Waals surface area contributed by atoms with Crippen LogP contribution in [0.15, 0.2) is 36.4 Å². The summed E-state index contributed by atoms with van der Waals surface area (Å²) in [5.74, 6) is 1.67. The maximum atomic E-state index is 6.05. The standard InChI is InChI=1S/C23H26O2/c1-14(2)24-18-12-21-19(22(13-18)25-15(3)4)10-11-20(21)23-16(5)8-7-9-17(23)6/h7-9,11-15H,1-6H3. The fourth-order valence-electron chi connectivity index (χ4n) is 3.31. The molecule has 2 heteroatoms. The van der Waals surface area contributed by atoms with Gasteiger partial charge in [0, 0.05) is 11.3 Å². The largest absolute Gasteiger partial charge is 0.491 e. The van der Waals surface area contributed by atoms with Crippen molar-refractivity contribution in [3.05, 3.63) is 63.5 Å². The Kier molecular flexibility index (Phi) is 4.74. The summed E-state index contributed by atoms with van der Waals surface area (Å²) in [6.45, 7) is 12.5. The summed E-state index contributed by atoms with van der Waals surface area (Å²) < 4.78 is 12.0. The molecule has 0 amide bonds. The van der Waals surface area contributed by atoms with Crippen LogP contribution in [0, 0.1) is 13.8 Å². The van der Waals surface area contributed by atoms with Crippen LogP contribution in [0.2, 0.25) is 0 Å². The quantitative estimate of drug-likeness (QED) is 0.822. The predicted molar refractivity (Wildman–Crippen MR) is 104 cm³/mol. The molecule has 130 valence electrons. The number of fused-ring (bicyclic) bond motifs is 1. The van der Waals surface area contributed by atoms with Crippen molar-refractivity contribution in [3.63, 3.8) is 0 Å². The molecular weight excluding hydrogens is 308 g/mol. The minimum atomic E-state index is 0.101. The SMILES string of the molecule is Cc1cccc(C)c1C1=c2cc(OC(C)C)cc(OC(C)C)c2=C=C1. The summed E-state index contributed by atoms with van der Waals surface area (Å²) in [6.07, 6.45) is 2.29. The normalized spacial score (nSPS) is 12.6. The highest BCUT2D eigenvalue weighted by Gasteiger charge is 2.15. The van der Waals surface area contributed by atoms with Crippen molar-refractivity contribution in [1.82, 2.24) is 0 Å². The number of aryl methyl sites for hydroxylation is 2. The molecule has 0 fully saturated rings. The monoisotopic (exact) mass is 334 g/mol. The van der Waals surface area contributed by atoms with Crippen LogP contribution in [0.4, 0.5) is 0 Å². The smallest absolute Gasteiger partial charge is 0.138 e. The lowest BCUT2D eigenvalue weighted by Crippen LogP contribution is -2.28. The Morgan fingerprint density at radius 2 is 1.52 bits per heavy atom. The van der Waals surface area contributed by atoms with Crippen LogP contribution in [0.1, 0.15) is 44.4 Å². The van der Waals surface area contributed by atoms with Gasteiger partial charge in [-0.3, -0.25) is 0 Å². The van der Waals surface area contributed by atoms with Crippen LogP contribution in [0.5, 0.6) is 11.5 Å². The second kappa shape index (κ2) is 6.82. The van der Waals surface area contributed by atoms with Gasteiger partial charge in [-0.05, 0) is 75.9 Å². The molecule has 0 atom stereocenters. The molecule has 25 heavy (non-hydrogen) atoms. The Labute approximate surface area is 150 Å². The van der Waals surface area contributed by atoms with Crippen molar-refractivity contribution in [2.45, 2.75) is 53.8 Å². The number of hydrogen-bond donors (Lipinski definition) is 0. The molecule has 0 aliphatic heterocycles. The third-order valence-corrected chi connectivity index (χ3v) is 4.21. The molecule has 2 aromatic rings. The zero-order valence-corrected chi connectivity index (χ0v) is 15.9. The molecule has 0 aromatic heterocycles. The second-order valence-electron chi connectivity index (χ2n) is 7.15. The summed E-state index contributed by atoms with van der Waals surface area (Å²) in [7, 11) is 0. The second-order valence-corrected chi connectivity index (χ2v) is 7.15. The lowest BCUT2D eigenvalue weighted by atomic mass is 9.95. The van der Waals surface area contributed by atoms with Gasteiger partial charge in [0.2, 0.25) is 0 Å². The van der Waals surface area contributed by atoms with Crippen molar-refractivity contribution in [1.29, 1.82) is 0 Å². The first kappa shape index (κ1) is 17.4. The zero-order chi connectivity index (χ0) is 18.1. The number of hydrogen-bond acceptors (Lipinski definition) is 2. The van der Waals surface area contributed by atoms with Crippen LogP contribution >= 0.6 is 0 Å². The molecule has 1 aliphatic carbocycles. The van der Waals surface area contributed by atoms with Gasteiger partial charge in [0.25, 0.3) is 0 Å². The molecule has 1 aliphatic rings. The first-order valence-electron chi connectivity index (χ1n) is 8.92. The lowest BCUT2D eigenvalue weighted by molar-refractivity contribution is 0.227. The fourth-order valence-corrected chi connectivity index (χ4v) is 3.31. The minimum Gasteiger partial charge on any atom is -0.491 e. The highest BCUT2D eigenvalue weighted by atomic mass is 16.5. The lowest BCUT2D eigenvalue weighted by Gasteiger charge is -2.15. The zero-order valence-electron chi connectivity index (χ0n) is 15.9. The maximum absolute atomic E-state index is 6.05. The number of allylic oxidation sites excluding steroid dienone is 1. The Morgan fingerprint density at radius 1 is 0.880 bits per heavy atom. The molecule has 0 heterocycles. The van der Waals surface area contributed by atoms with Crippen LogP contribution in [0.3, 0.4) is 0 Å². The first-order valence-corrected chi connectivity index (χ1v) is 8.92. The van der Waals surface area contributed by atoms with Gasteiger partial charge in [-0.15, -0.1) is 5.73 Å². The minimum absolute atomic E-state index is 0.101. The van der Waals surface area contributed by atoms with Crippen molar-refractivity contribution in [2.24, 2.45) is 0 Å². The Morgan fingerprint density at radius 3 is 2.12 bits per heavy atom. The summed E-state index contributed by atoms with van der Waals surface area (Å²) in [4.78, 5) is 0. The van der Waals surface area contributed by atoms with Gasteiger partial charge in [0.05, 0.1) is 17.4 Å². The van der Waals surface area contributed by atoms with Crippen molar-refractivity contribution >= 4 is 11.3 Å². The van der Waals surface area contributed by atoms with E-state index in [4.69, 9.17) is 9.47 Å². The van der Waals surface area contributed by atoms with Crippen molar-refractivity contribution in [2.75, 3.05) is 0 Å². The van der Waals surface area contributed by atoms with Crippen LogP contribution in [0.25, 0.3) is 11.3 Å². The summed E-state index contributed by atoms with van der Waals surface area (Å²) in [5.41, 5.74) is 8.41. The van der Waals surface area contributed by atoms with E-state index in [2.05, 4.69) is 49.9 Å². The molecule has 3 rings (SSSR count). The van der Waals surface area contributed by atoms with Gasteiger partial charge in [-0.2, -0.15) is 0 Å². The molecule has 2 nitrogen and oxygen atoms in total. The first-order chi connectivity index (χ1) is 11.9. The van der Waals surface area contributed by atoms with Crippen molar-refractivity contribution < 1.29 is 9.47 Å². The van der Waals surface area contributed by atoms with Gasteiger partial charge in [0.15, 0.2) is 0 Å². The Balaban J connectivity index is 2.29. The molecule has 0 bridgehead atoms. The Hall–Kier alpha value is -2.44. The van der Waals surface area contributed by atoms with E-state index < -0.39 is 0 Å². The molecule has 0 saturated heterocycles. The molecule has 0 unspecified atom stereocenters. The van der Waals surface area contributed by atoms with E-state index in [-0.39, 0.29) is 12.2 Å². The summed E-state index contributed by atoms with van der Waals surface area (Å²) >= 11 is 0. The summed E-state index contributed by atoms with van der Waals surface area (Å²) in [6, 6.07) is 10.5. The predicted octanol–water partition coefficient (Wildman–Crippen LogP) is 4.03. The van der Waals surface area contributed by atoms with E-state index >= 15 is 0 Å². The van der Waals surface area contributed by atoms with E-state index in [0.29, 0.717) is 0 Å².